The van der Waals surface area contributed by atoms with Crippen LogP contribution in [0.3, 0.4) is 0 Å². The summed E-state index contributed by atoms with van der Waals surface area (Å²) in [5, 5.41) is 2.96. The van der Waals surface area contributed by atoms with Gasteiger partial charge in [-0.1, -0.05) is 67.0 Å². The maximum absolute atomic E-state index is 12.5. The normalized spacial score (nSPS) is 10.4. The van der Waals surface area contributed by atoms with E-state index in [1.165, 1.54) is 0 Å². The molecular weight excluding hydrogens is 245 g/mol. The Labute approximate surface area is 121 Å². The number of carbonyl (C=O) groups is 1. The van der Waals surface area contributed by atoms with Gasteiger partial charge in [0.25, 0.3) is 0 Å². The van der Waals surface area contributed by atoms with Gasteiger partial charge in [-0.2, -0.15) is 0 Å². The van der Waals surface area contributed by atoms with E-state index in [1.807, 2.05) is 60.7 Å². The molecule has 0 spiro atoms. The Kier molecular flexibility index (Phi) is 5.42. The van der Waals surface area contributed by atoms with Crippen LogP contribution >= 0.6 is 0 Å². The second-order valence-corrected chi connectivity index (χ2v) is 4.69. The number of amides is 1. The van der Waals surface area contributed by atoms with Gasteiger partial charge in [0.05, 0.1) is 13.8 Å². The quantitative estimate of drug-likeness (QED) is 0.630. The van der Waals surface area contributed by atoms with Crippen molar-refractivity contribution < 1.29 is 4.79 Å². The summed E-state index contributed by atoms with van der Waals surface area (Å²) in [7, 11) is 5.46. The minimum Gasteiger partial charge on any atom is -0.355 e. The largest absolute Gasteiger partial charge is 0.355 e. The van der Waals surface area contributed by atoms with Gasteiger partial charge in [-0.15, -0.1) is 0 Å². The maximum atomic E-state index is 12.5. The summed E-state index contributed by atoms with van der Waals surface area (Å²) in [5.74, 6) is -0.244. The molecular formula is C17H18BNO. The van der Waals surface area contributed by atoms with Gasteiger partial charge < -0.3 is 5.32 Å². The predicted molar refractivity (Wildman–Crippen MR) is 82.9 cm³/mol. The Morgan fingerprint density at radius 2 is 1.45 bits per heavy atom. The molecule has 0 aliphatic heterocycles. The minimum atomic E-state index is -0.268. The number of benzene rings is 2. The summed E-state index contributed by atoms with van der Waals surface area (Å²) in [4.78, 5) is 12.5. The van der Waals surface area contributed by atoms with Crippen molar-refractivity contribution in [2.45, 2.75) is 18.7 Å². The third-order valence-corrected chi connectivity index (χ3v) is 3.21. The van der Waals surface area contributed by atoms with Gasteiger partial charge in [0.1, 0.15) is 0 Å². The first kappa shape index (κ1) is 14.4. The van der Waals surface area contributed by atoms with Crippen molar-refractivity contribution >= 4 is 13.8 Å². The van der Waals surface area contributed by atoms with E-state index in [9.17, 15) is 4.79 Å². The Bertz CT molecular complexity index is 488. The highest BCUT2D eigenvalue weighted by Gasteiger charge is 2.21. The lowest BCUT2D eigenvalue weighted by Crippen LogP contribution is -2.30. The molecule has 20 heavy (non-hydrogen) atoms. The molecule has 0 unspecified atom stereocenters. The molecule has 0 aliphatic carbocycles. The van der Waals surface area contributed by atoms with Crippen molar-refractivity contribution in [1.82, 2.24) is 5.32 Å². The predicted octanol–water partition coefficient (Wildman–Crippen LogP) is 2.91. The second kappa shape index (κ2) is 7.54. The average Bonchev–Trinajstić information content (AvgIpc) is 2.50. The molecule has 0 fully saturated rings. The van der Waals surface area contributed by atoms with Crippen LogP contribution in [0.5, 0.6) is 0 Å². The Balaban J connectivity index is 2.23. The highest BCUT2D eigenvalue weighted by molar-refractivity contribution is 6.08. The number of nitrogens with one attached hydrogen (secondary N) is 1. The molecule has 0 aliphatic rings. The van der Waals surface area contributed by atoms with E-state index in [1.54, 1.807) is 0 Å². The van der Waals surface area contributed by atoms with Crippen LogP contribution in [0, 0.1) is 0 Å². The van der Waals surface area contributed by atoms with E-state index in [4.69, 9.17) is 7.85 Å². The molecule has 2 nitrogen and oxygen atoms in total. The van der Waals surface area contributed by atoms with Crippen LogP contribution in [0.2, 0.25) is 6.32 Å². The van der Waals surface area contributed by atoms with Gasteiger partial charge in [-0.25, -0.2) is 0 Å². The smallest absolute Gasteiger partial charge is 0.232 e. The van der Waals surface area contributed by atoms with Crippen LogP contribution < -0.4 is 5.32 Å². The molecule has 2 rings (SSSR count). The lowest BCUT2D eigenvalue weighted by atomic mass is 9.90. The van der Waals surface area contributed by atoms with Crippen molar-refractivity contribution in [2.75, 3.05) is 6.54 Å². The van der Waals surface area contributed by atoms with Crippen molar-refractivity contribution in [2.24, 2.45) is 0 Å². The fraction of sp³-hybridized carbons (Fsp3) is 0.235. The first-order chi connectivity index (χ1) is 9.83. The highest BCUT2D eigenvalue weighted by Crippen LogP contribution is 2.24. The van der Waals surface area contributed by atoms with Crippen LogP contribution in [-0.4, -0.2) is 20.3 Å². The van der Waals surface area contributed by atoms with Crippen LogP contribution in [0.25, 0.3) is 0 Å². The van der Waals surface area contributed by atoms with E-state index < -0.39 is 0 Å². The molecule has 2 aromatic rings. The summed E-state index contributed by atoms with van der Waals surface area (Å²) >= 11 is 0. The second-order valence-electron chi connectivity index (χ2n) is 4.69. The fourth-order valence-electron chi connectivity index (χ4n) is 2.20. The van der Waals surface area contributed by atoms with Gasteiger partial charge in [-0.05, 0) is 17.5 Å². The summed E-state index contributed by atoms with van der Waals surface area (Å²) < 4.78 is 0. The molecule has 100 valence electrons. The summed E-state index contributed by atoms with van der Waals surface area (Å²) in [6.45, 7) is 0.617. The monoisotopic (exact) mass is 263 g/mol. The summed E-state index contributed by atoms with van der Waals surface area (Å²) in [5.41, 5.74) is 2.01. The Morgan fingerprint density at radius 3 is 1.90 bits per heavy atom. The van der Waals surface area contributed by atoms with Gasteiger partial charge in [-0.3, -0.25) is 4.79 Å². The van der Waals surface area contributed by atoms with E-state index in [-0.39, 0.29) is 11.8 Å². The van der Waals surface area contributed by atoms with Crippen LogP contribution in [0.1, 0.15) is 23.5 Å². The molecule has 1 N–H and O–H groups in total. The zero-order valence-corrected chi connectivity index (χ0v) is 11.5. The third-order valence-electron chi connectivity index (χ3n) is 3.21. The lowest BCUT2D eigenvalue weighted by molar-refractivity contribution is -0.121. The van der Waals surface area contributed by atoms with Gasteiger partial charge in [0, 0.05) is 6.54 Å². The third kappa shape index (κ3) is 3.73. The summed E-state index contributed by atoms with van der Waals surface area (Å²) in [6, 6.07) is 19.7. The van der Waals surface area contributed by atoms with Crippen LogP contribution in [0.4, 0.5) is 0 Å². The van der Waals surface area contributed by atoms with E-state index in [0.29, 0.717) is 12.9 Å². The number of carbonyl (C=O) groups excluding carboxylic acids is 1. The molecule has 2 aromatic carbocycles. The van der Waals surface area contributed by atoms with Crippen molar-refractivity contribution in [1.29, 1.82) is 0 Å². The minimum absolute atomic E-state index is 0.0239. The SMILES string of the molecule is [B]CCCNC(=O)C(c1ccccc1)c1ccccc1. The molecule has 2 radical (unpaired) electrons. The zero-order chi connectivity index (χ0) is 14.2. The van der Waals surface area contributed by atoms with Crippen molar-refractivity contribution in [3.63, 3.8) is 0 Å². The Morgan fingerprint density at radius 1 is 0.950 bits per heavy atom. The van der Waals surface area contributed by atoms with E-state index in [0.717, 1.165) is 17.5 Å². The molecule has 1 amide bonds. The number of rotatable bonds is 6. The number of hydrogen-bond donors (Lipinski definition) is 1. The summed E-state index contributed by atoms with van der Waals surface area (Å²) in [6.07, 6.45) is 1.38. The van der Waals surface area contributed by atoms with Crippen LogP contribution in [0.15, 0.2) is 60.7 Å². The van der Waals surface area contributed by atoms with E-state index >= 15 is 0 Å². The molecule has 3 heteroatoms. The highest BCUT2D eigenvalue weighted by atomic mass is 16.1. The first-order valence-corrected chi connectivity index (χ1v) is 6.90. The molecule has 0 saturated carbocycles. The molecule has 0 aromatic heterocycles. The van der Waals surface area contributed by atoms with Crippen molar-refractivity contribution in [3.8, 4) is 0 Å². The first-order valence-electron chi connectivity index (χ1n) is 6.90. The van der Waals surface area contributed by atoms with Crippen LogP contribution in [-0.2, 0) is 4.79 Å². The Hall–Kier alpha value is -2.03. The topological polar surface area (TPSA) is 29.1 Å². The average molecular weight is 263 g/mol. The molecule has 0 atom stereocenters. The van der Waals surface area contributed by atoms with Gasteiger partial charge in [0.15, 0.2) is 0 Å². The van der Waals surface area contributed by atoms with Gasteiger partial charge in [0.2, 0.25) is 5.91 Å². The molecule has 0 saturated heterocycles. The van der Waals surface area contributed by atoms with Crippen molar-refractivity contribution in [3.05, 3.63) is 71.8 Å². The zero-order valence-electron chi connectivity index (χ0n) is 11.5. The molecule has 0 bridgehead atoms. The number of hydrogen-bond acceptors (Lipinski definition) is 1. The van der Waals surface area contributed by atoms with E-state index in [2.05, 4.69) is 5.32 Å². The molecule has 0 heterocycles. The standard InChI is InChI=1S/C17H18BNO/c18-12-7-13-19-17(20)16(14-8-3-1-4-9-14)15-10-5-2-6-11-15/h1-6,8-11,16H,7,12-13H2,(H,19,20). The lowest BCUT2D eigenvalue weighted by Gasteiger charge is -2.17. The van der Waals surface area contributed by atoms with Gasteiger partial charge >= 0.3 is 0 Å². The fourth-order valence-corrected chi connectivity index (χ4v) is 2.20. The maximum Gasteiger partial charge on any atom is 0.232 e.